The molecule has 1 aliphatic rings. The first-order chi connectivity index (χ1) is 14.4. The topological polar surface area (TPSA) is 82.6 Å². The molecule has 30 heavy (non-hydrogen) atoms. The monoisotopic (exact) mass is 462 g/mol. The number of thiazole rings is 1. The van der Waals surface area contributed by atoms with E-state index < -0.39 is 10.0 Å². The predicted octanol–water partition coefficient (Wildman–Crippen LogP) is 3.56. The van der Waals surface area contributed by atoms with Gasteiger partial charge in [0.2, 0.25) is 0 Å². The van der Waals surface area contributed by atoms with Gasteiger partial charge < -0.3 is 9.80 Å². The van der Waals surface area contributed by atoms with Crippen LogP contribution in [0.25, 0.3) is 0 Å². The predicted molar refractivity (Wildman–Crippen MR) is 119 cm³/mol. The fourth-order valence-electron chi connectivity index (χ4n) is 3.20. The molecular formula is C20H19ClN4O3S2. The Bertz CT molecular complexity index is 1140. The summed E-state index contributed by atoms with van der Waals surface area (Å²) >= 11 is 7.62. The molecular weight excluding hydrogens is 444 g/mol. The van der Waals surface area contributed by atoms with Crippen LogP contribution in [0.2, 0.25) is 5.02 Å². The van der Waals surface area contributed by atoms with E-state index >= 15 is 0 Å². The van der Waals surface area contributed by atoms with E-state index in [1.165, 1.54) is 12.1 Å². The first kappa shape index (κ1) is 20.6. The van der Waals surface area contributed by atoms with Crippen molar-refractivity contribution in [3.05, 3.63) is 70.7 Å². The summed E-state index contributed by atoms with van der Waals surface area (Å²) in [6.07, 6.45) is 1.76. The van der Waals surface area contributed by atoms with Gasteiger partial charge in [0.15, 0.2) is 5.13 Å². The van der Waals surface area contributed by atoms with Crippen LogP contribution in [0.1, 0.15) is 10.4 Å². The van der Waals surface area contributed by atoms with Gasteiger partial charge in [0.05, 0.1) is 15.6 Å². The number of anilines is 2. The highest BCUT2D eigenvalue weighted by molar-refractivity contribution is 7.92. The van der Waals surface area contributed by atoms with Crippen LogP contribution in [0.3, 0.4) is 0 Å². The van der Waals surface area contributed by atoms with Gasteiger partial charge in [-0.3, -0.25) is 9.52 Å². The van der Waals surface area contributed by atoms with E-state index in [-0.39, 0.29) is 16.5 Å². The van der Waals surface area contributed by atoms with Crippen LogP contribution in [0, 0.1) is 0 Å². The van der Waals surface area contributed by atoms with Crippen molar-refractivity contribution < 1.29 is 13.2 Å². The summed E-state index contributed by atoms with van der Waals surface area (Å²) in [5.74, 6) is -0.191. The maximum atomic E-state index is 12.9. The van der Waals surface area contributed by atoms with Gasteiger partial charge in [-0.1, -0.05) is 29.8 Å². The molecule has 1 fully saturated rings. The minimum atomic E-state index is -3.88. The number of sulfonamides is 1. The number of carbonyl (C=O) groups excluding carboxylic acids is 1. The molecule has 0 radical (unpaired) electrons. The number of nitrogens with one attached hydrogen (secondary N) is 1. The molecule has 0 saturated carbocycles. The molecule has 156 valence electrons. The lowest BCUT2D eigenvalue weighted by molar-refractivity contribution is 0.0746. The van der Waals surface area contributed by atoms with Crippen molar-refractivity contribution in [1.29, 1.82) is 0 Å². The summed E-state index contributed by atoms with van der Waals surface area (Å²) < 4.78 is 28.0. The Labute approximate surface area is 184 Å². The average Bonchev–Trinajstić information content (AvgIpc) is 3.30. The Kier molecular flexibility index (Phi) is 5.94. The van der Waals surface area contributed by atoms with Crippen molar-refractivity contribution in [3.63, 3.8) is 0 Å². The van der Waals surface area contributed by atoms with Gasteiger partial charge in [-0.05, 0) is 30.3 Å². The lowest BCUT2D eigenvalue weighted by atomic mass is 10.2. The van der Waals surface area contributed by atoms with E-state index in [9.17, 15) is 13.2 Å². The van der Waals surface area contributed by atoms with Crippen LogP contribution >= 0.6 is 22.9 Å². The van der Waals surface area contributed by atoms with E-state index in [0.29, 0.717) is 36.8 Å². The second-order valence-corrected chi connectivity index (χ2v) is 9.67. The van der Waals surface area contributed by atoms with E-state index in [2.05, 4.69) is 14.6 Å². The van der Waals surface area contributed by atoms with E-state index in [1.807, 2.05) is 5.38 Å². The number of nitrogens with zero attached hydrogens (tertiary/aromatic N) is 3. The minimum Gasteiger partial charge on any atom is -0.345 e. The first-order valence-corrected chi connectivity index (χ1v) is 12.0. The Balaban J connectivity index is 1.48. The second kappa shape index (κ2) is 8.63. The van der Waals surface area contributed by atoms with Gasteiger partial charge in [0.1, 0.15) is 0 Å². The van der Waals surface area contributed by atoms with Crippen LogP contribution in [-0.4, -0.2) is 50.4 Å². The minimum absolute atomic E-state index is 0.00897. The summed E-state index contributed by atoms with van der Waals surface area (Å²) in [5.41, 5.74) is 0.619. The quantitative estimate of drug-likeness (QED) is 0.626. The Morgan fingerprint density at radius 2 is 1.83 bits per heavy atom. The fourth-order valence-corrected chi connectivity index (χ4v) is 5.26. The summed E-state index contributed by atoms with van der Waals surface area (Å²) in [6, 6.07) is 12.6. The number of amides is 1. The molecule has 0 atom stereocenters. The van der Waals surface area contributed by atoms with Gasteiger partial charge in [-0.25, -0.2) is 13.4 Å². The number of carbonyl (C=O) groups is 1. The number of hydrogen-bond acceptors (Lipinski definition) is 6. The highest BCUT2D eigenvalue weighted by Gasteiger charge is 2.24. The van der Waals surface area contributed by atoms with Crippen molar-refractivity contribution in [1.82, 2.24) is 9.88 Å². The van der Waals surface area contributed by atoms with Crippen LogP contribution < -0.4 is 9.62 Å². The molecule has 1 amide bonds. The largest absolute Gasteiger partial charge is 0.345 e. The molecule has 1 saturated heterocycles. The standard InChI is InChI=1S/C20H19ClN4O3S2/c21-17-6-1-2-7-18(17)23-30(27,28)16-5-3-4-15(14-16)19(26)24-9-11-25(12-10-24)20-22-8-13-29-20/h1-8,13-14,23H,9-12H2. The lowest BCUT2D eigenvalue weighted by Gasteiger charge is -2.34. The molecule has 2 heterocycles. The maximum absolute atomic E-state index is 12.9. The van der Waals surface area contributed by atoms with Crippen molar-refractivity contribution in [2.24, 2.45) is 0 Å². The van der Waals surface area contributed by atoms with Crippen molar-refractivity contribution in [2.45, 2.75) is 4.90 Å². The van der Waals surface area contributed by atoms with Gasteiger partial charge in [0, 0.05) is 43.3 Å². The molecule has 1 aromatic heterocycles. The summed E-state index contributed by atoms with van der Waals surface area (Å²) in [6.45, 7) is 2.47. The highest BCUT2D eigenvalue weighted by Crippen LogP contribution is 2.25. The molecule has 1 N–H and O–H groups in total. The number of benzene rings is 2. The zero-order valence-electron chi connectivity index (χ0n) is 15.9. The number of halogens is 1. The molecule has 10 heteroatoms. The third-order valence-electron chi connectivity index (χ3n) is 4.77. The SMILES string of the molecule is O=C(c1cccc(S(=O)(=O)Nc2ccccc2Cl)c1)N1CCN(c2nccs2)CC1. The van der Waals surface area contributed by atoms with Gasteiger partial charge in [-0.15, -0.1) is 11.3 Å². The van der Waals surface area contributed by atoms with Gasteiger partial charge in [0.25, 0.3) is 15.9 Å². The number of para-hydroxylation sites is 1. The third kappa shape index (κ3) is 4.43. The Hall–Kier alpha value is -2.62. The molecule has 7 nitrogen and oxygen atoms in total. The summed E-state index contributed by atoms with van der Waals surface area (Å²) in [4.78, 5) is 21.1. The molecule has 0 unspecified atom stereocenters. The van der Waals surface area contributed by atoms with Crippen LogP contribution in [0.4, 0.5) is 10.8 Å². The van der Waals surface area contributed by atoms with Crippen LogP contribution in [0.15, 0.2) is 65.0 Å². The van der Waals surface area contributed by atoms with Crippen molar-refractivity contribution in [3.8, 4) is 0 Å². The molecule has 0 bridgehead atoms. The van der Waals surface area contributed by atoms with Crippen LogP contribution in [0.5, 0.6) is 0 Å². The van der Waals surface area contributed by atoms with E-state index in [0.717, 1.165) is 5.13 Å². The molecule has 4 rings (SSSR count). The van der Waals surface area contributed by atoms with Crippen molar-refractivity contribution >= 4 is 49.7 Å². The molecule has 2 aromatic carbocycles. The number of rotatable bonds is 5. The van der Waals surface area contributed by atoms with Crippen LogP contribution in [-0.2, 0) is 10.0 Å². The fraction of sp³-hybridized carbons (Fsp3) is 0.200. The van der Waals surface area contributed by atoms with E-state index in [4.69, 9.17) is 11.6 Å². The lowest BCUT2D eigenvalue weighted by Crippen LogP contribution is -2.48. The summed E-state index contributed by atoms with van der Waals surface area (Å²) in [7, 11) is -3.88. The third-order valence-corrected chi connectivity index (χ3v) is 7.29. The number of piperazine rings is 1. The van der Waals surface area contributed by atoms with E-state index in [1.54, 1.807) is 58.8 Å². The first-order valence-electron chi connectivity index (χ1n) is 9.25. The second-order valence-electron chi connectivity index (χ2n) is 6.71. The smallest absolute Gasteiger partial charge is 0.261 e. The Morgan fingerprint density at radius 3 is 2.53 bits per heavy atom. The summed E-state index contributed by atoms with van der Waals surface area (Å²) in [5, 5.41) is 3.17. The zero-order chi connectivity index (χ0) is 21.1. The van der Waals surface area contributed by atoms with Gasteiger partial charge in [-0.2, -0.15) is 0 Å². The highest BCUT2D eigenvalue weighted by atomic mass is 35.5. The Morgan fingerprint density at radius 1 is 1.07 bits per heavy atom. The molecule has 0 aliphatic carbocycles. The average molecular weight is 463 g/mol. The molecule has 0 spiro atoms. The van der Waals surface area contributed by atoms with Crippen molar-refractivity contribution in [2.75, 3.05) is 35.8 Å². The normalized spacial score (nSPS) is 14.6. The zero-order valence-corrected chi connectivity index (χ0v) is 18.3. The number of hydrogen-bond donors (Lipinski definition) is 1. The number of aromatic nitrogens is 1. The molecule has 3 aromatic rings. The van der Waals surface area contributed by atoms with Gasteiger partial charge >= 0.3 is 0 Å². The maximum Gasteiger partial charge on any atom is 0.261 e. The molecule has 1 aliphatic heterocycles.